The van der Waals surface area contributed by atoms with Gasteiger partial charge in [-0.15, -0.1) is 0 Å². The summed E-state index contributed by atoms with van der Waals surface area (Å²) in [4.78, 5) is 53.3. The highest BCUT2D eigenvalue weighted by Gasteiger charge is 2.61. The van der Waals surface area contributed by atoms with Gasteiger partial charge in [0.1, 0.15) is 6.04 Å². The number of imide groups is 1. The minimum atomic E-state index is -1.16. The highest BCUT2D eigenvalue weighted by Crippen LogP contribution is 2.53. The molecular formula is C26H22Cl2N2O5. The molecule has 180 valence electrons. The number of likely N-dealkylation sites (tertiary alicyclic amines) is 1. The number of hydrogen-bond donors (Lipinski definition) is 1. The number of nitrogens with zero attached hydrogens (tertiary/aromatic N) is 1. The summed E-state index contributed by atoms with van der Waals surface area (Å²) in [6.45, 7) is -0.608. The Morgan fingerprint density at radius 3 is 2.31 bits per heavy atom. The van der Waals surface area contributed by atoms with Crippen LogP contribution in [0.15, 0.2) is 60.7 Å². The first-order valence-electron chi connectivity index (χ1n) is 11.3. The van der Waals surface area contributed by atoms with Crippen molar-refractivity contribution in [1.82, 2.24) is 4.90 Å². The minimum absolute atomic E-state index is 0.0214. The summed E-state index contributed by atoms with van der Waals surface area (Å²) in [5.41, 5.74) is 1.05. The van der Waals surface area contributed by atoms with Crippen LogP contribution in [0.1, 0.15) is 12.0 Å². The third-order valence-electron chi connectivity index (χ3n) is 6.91. The van der Waals surface area contributed by atoms with E-state index in [-0.39, 0.29) is 40.8 Å². The normalized spacial score (nSPS) is 25.0. The number of halogens is 2. The number of nitrogens with one attached hydrogen (secondary N) is 1. The molecule has 9 heteroatoms. The van der Waals surface area contributed by atoms with Crippen molar-refractivity contribution in [2.24, 2.45) is 23.7 Å². The number of carbonyl (C=O) groups is 4. The van der Waals surface area contributed by atoms with Gasteiger partial charge >= 0.3 is 5.97 Å². The number of esters is 1. The Bertz CT molecular complexity index is 1200. The fourth-order valence-electron chi connectivity index (χ4n) is 5.36. The van der Waals surface area contributed by atoms with Gasteiger partial charge in [-0.2, -0.15) is 0 Å². The highest BCUT2D eigenvalue weighted by molar-refractivity contribution is 6.35. The lowest BCUT2D eigenvalue weighted by molar-refractivity contribution is -0.160. The topological polar surface area (TPSA) is 92.8 Å². The summed E-state index contributed by atoms with van der Waals surface area (Å²) < 4.78 is 5.29. The molecule has 2 aromatic rings. The van der Waals surface area contributed by atoms with Crippen LogP contribution in [0.2, 0.25) is 10.0 Å². The molecule has 5 atom stereocenters. The summed E-state index contributed by atoms with van der Waals surface area (Å²) in [6, 6.07) is 12.5. The van der Waals surface area contributed by atoms with Crippen molar-refractivity contribution in [3.8, 4) is 0 Å². The van der Waals surface area contributed by atoms with E-state index >= 15 is 0 Å². The lowest BCUT2D eigenvalue weighted by Crippen LogP contribution is -2.48. The molecule has 1 saturated carbocycles. The van der Waals surface area contributed by atoms with Crippen LogP contribution >= 0.6 is 23.2 Å². The van der Waals surface area contributed by atoms with Gasteiger partial charge in [0.2, 0.25) is 11.8 Å². The molecule has 7 nitrogen and oxygen atoms in total. The second-order valence-corrected chi connectivity index (χ2v) is 9.88. The average Bonchev–Trinajstić information content (AvgIpc) is 3.53. The first-order valence-corrected chi connectivity index (χ1v) is 12.1. The molecule has 2 bridgehead atoms. The number of fused-ring (bicyclic) bond motifs is 5. The van der Waals surface area contributed by atoms with Crippen molar-refractivity contribution in [1.29, 1.82) is 0 Å². The predicted molar refractivity (Wildman–Crippen MR) is 130 cm³/mol. The molecule has 3 aliphatic rings. The minimum Gasteiger partial charge on any atom is -0.454 e. The van der Waals surface area contributed by atoms with Crippen LogP contribution in [0.5, 0.6) is 0 Å². The maximum absolute atomic E-state index is 13.3. The first kappa shape index (κ1) is 23.6. The monoisotopic (exact) mass is 512 g/mol. The molecule has 0 radical (unpaired) electrons. The molecule has 2 aromatic carbocycles. The highest BCUT2D eigenvalue weighted by atomic mass is 35.5. The number of anilines is 1. The summed E-state index contributed by atoms with van der Waals surface area (Å²) in [7, 11) is 0. The molecule has 2 fully saturated rings. The predicted octanol–water partition coefficient (Wildman–Crippen LogP) is 3.89. The van der Waals surface area contributed by atoms with Crippen LogP contribution in [-0.2, 0) is 30.3 Å². The number of amides is 3. The smallest absolute Gasteiger partial charge is 0.330 e. The summed E-state index contributed by atoms with van der Waals surface area (Å²) in [6.07, 6.45) is 4.88. The lowest BCUT2D eigenvalue weighted by atomic mass is 9.85. The Morgan fingerprint density at radius 1 is 1.00 bits per heavy atom. The molecule has 1 heterocycles. The van der Waals surface area contributed by atoms with Gasteiger partial charge in [-0.3, -0.25) is 19.3 Å². The molecule has 1 aliphatic heterocycles. The van der Waals surface area contributed by atoms with Crippen molar-refractivity contribution in [3.05, 3.63) is 76.3 Å². The zero-order chi connectivity index (χ0) is 24.7. The molecule has 0 spiro atoms. The van der Waals surface area contributed by atoms with E-state index in [0.717, 1.165) is 16.9 Å². The number of hydrogen-bond acceptors (Lipinski definition) is 5. The molecule has 35 heavy (non-hydrogen) atoms. The number of ether oxygens (including phenoxy) is 1. The van der Waals surface area contributed by atoms with Crippen LogP contribution in [0, 0.1) is 23.7 Å². The molecule has 2 aliphatic carbocycles. The lowest BCUT2D eigenvalue weighted by Gasteiger charge is -2.26. The van der Waals surface area contributed by atoms with E-state index in [2.05, 4.69) is 5.32 Å². The Labute approximate surface area is 212 Å². The zero-order valence-electron chi connectivity index (χ0n) is 18.5. The zero-order valence-corrected chi connectivity index (χ0v) is 20.0. The van der Waals surface area contributed by atoms with Crippen LogP contribution in [0.25, 0.3) is 0 Å². The standard InChI is InChI=1S/C26H22Cl2N2O5/c27-17-8-9-18(28)19(12-17)29-21(31)13-35-26(34)20(10-14-4-2-1-3-5-14)30-24(32)22-15-6-7-16(11-15)23(22)25(30)33/h1-9,12,15-16,20,22-23H,10-11,13H2,(H,29,31)/t15-,16-,20-,22-,23-/m0/s1. The van der Waals surface area contributed by atoms with Crippen molar-refractivity contribution in [3.63, 3.8) is 0 Å². The van der Waals surface area contributed by atoms with Crippen LogP contribution in [-0.4, -0.2) is 41.2 Å². The number of benzene rings is 2. The SMILES string of the molecule is O=C(COC(=O)[C@H](Cc1ccccc1)N1C(=O)[C@@H]2[C@@H](C1=O)[C@H]1C=C[C@H]2C1)Nc1cc(Cl)ccc1Cl. The first-order chi connectivity index (χ1) is 16.8. The summed E-state index contributed by atoms with van der Waals surface area (Å²) in [5, 5.41) is 3.20. The molecular weight excluding hydrogens is 491 g/mol. The second-order valence-electron chi connectivity index (χ2n) is 9.03. The van der Waals surface area contributed by atoms with Gasteiger partial charge in [0.25, 0.3) is 5.91 Å². The van der Waals surface area contributed by atoms with Gasteiger partial charge in [0, 0.05) is 11.4 Å². The fraction of sp³-hybridized carbons (Fsp3) is 0.308. The van der Waals surface area contributed by atoms with Gasteiger partial charge in [-0.05, 0) is 42.0 Å². The molecule has 1 N–H and O–H groups in total. The maximum Gasteiger partial charge on any atom is 0.330 e. The van der Waals surface area contributed by atoms with Crippen LogP contribution in [0.3, 0.4) is 0 Å². The average molecular weight is 513 g/mol. The molecule has 0 aromatic heterocycles. The Hall–Kier alpha value is -3.16. The van der Waals surface area contributed by atoms with Crippen molar-refractivity contribution < 1.29 is 23.9 Å². The third kappa shape index (κ3) is 4.46. The molecule has 0 unspecified atom stereocenters. The number of allylic oxidation sites excluding steroid dienone is 2. The second kappa shape index (κ2) is 9.47. The summed E-state index contributed by atoms with van der Waals surface area (Å²) in [5.74, 6) is -2.95. The van der Waals surface area contributed by atoms with Crippen molar-refractivity contribution in [2.45, 2.75) is 18.9 Å². The maximum atomic E-state index is 13.3. The number of rotatable bonds is 7. The van der Waals surface area contributed by atoms with Crippen LogP contribution < -0.4 is 5.32 Å². The quantitative estimate of drug-likeness (QED) is 0.345. The van der Waals surface area contributed by atoms with E-state index < -0.39 is 36.4 Å². The van der Waals surface area contributed by atoms with E-state index in [4.69, 9.17) is 27.9 Å². The van der Waals surface area contributed by atoms with Gasteiger partial charge in [0.15, 0.2) is 6.61 Å². The van der Waals surface area contributed by atoms with E-state index in [1.54, 1.807) is 6.07 Å². The van der Waals surface area contributed by atoms with E-state index in [0.29, 0.717) is 5.02 Å². The fourth-order valence-corrected chi connectivity index (χ4v) is 5.70. The largest absolute Gasteiger partial charge is 0.454 e. The molecule has 3 amide bonds. The third-order valence-corrected chi connectivity index (χ3v) is 7.47. The van der Waals surface area contributed by atoms with Crippen molar-refractivity contribution in [2.75, 3.05) is 11.9 Å². The molecule has 1 saturated heterocycles. The number of carbonyl (C=O) groups excluding carboxylic acids is 4. The van der Waals surface area contributed by atoms with E-state index in [9.17, 15) is 19.2 Å². The van der Waals surface area contributed by atoms with Gasteiger partial charge < -0.3 is 10.1 Å². The summed E-state index contributed by atoms with van der Waals surface area (Å²) >= 11 is 12.0. The van der Waals surface area contributed by atoms with E-state index in [1.165, 1.54) is 12.1 Å². The Morgan fingerprint density at radius 2 is 1.66 bits per heavy atom. The van der Waals surface area contributed by atoms with Gasteiger partial charge in [-0.25, -0.2) is 4.79 Å². The van der Waals surface area contributed by atoms with Crippen LogP contribution in [0.4, 0.5) is 5.69 Å². The van der Waals surface area contributed by atoms with Gasteiger partial charge in [-0.1, -0.05) is 65.7 Å². The Kier molecular flexibility index (Phi) is 6.38. The van der Waals surface area contributed by atoms with Crippen molar-refractivity contribution >= 4 is 52.6 Å². The molecule has 5 rings (SSSR count). The van der Waals surface area contributed by atoms with E-state index in [1.807, 2.05) is 42.5 Å². The van der Waals surface area contributed by atoms with Gasteiger partial charge in [0.05, 0.1) is 22.5 Å². The Balaban J connectivity index is 1.32.